The number of amides is 2. The Hall–Kier alpha value is -2.64. The van der Waals surface area contributed by atoms with Gasteiger partial charge >= 0.3 is 0 Å². The van der Waals surface area contributed by atoms with E-state index in [2.05, 4.69) is 10.1 Å². The highest BCUT2D eigenvalue weighted by Crippen LogP contribution is 2.30. The fourth-order valence-corrected chi connectivity index (χ4v) is 4.07. The molecule has 26 heavy (non-hydrogen) atoms. The third-order valence-corrected chi connectivity index (χ3v) is 5.49. The van der Waals surface area contributed by atoms with E-state index in [1.165, 1.54) is 11.4 Å². The summed E-state index contributed by atoms with van der Waals surface area (Å²) >= 11 is 0. The van der Waals surface area contributed by atoms with Crippen molar-refractivity contribution in [3.05, 3.63) is 33.4 Å². The highest BCUT2D eigenvalue weighted by atomic mass is 16.2. The van der Waals surface area contributed by atoms with Crippen molar-refractivity contribution in [1.82, 2.24) is 24.4 Å². The summed E-state index contributed by atoms with van der Waals surface area (Å²) in [6.45, 7) is 4.72. The zero-order chi connectivity index (χ0) is 18.4. The van der Waals surface area contributed by atoms with Crippen LogP contribution in [0, 0.1) is 0 Å². The molecular weight excluding hydrogens is 334 g/mol. The maximum atomic E-state index is 12.9. The van der Waals surface area contributed by atoms with Crippen molar-refractivity contribution in [2.45, 2.75) is 52.1 Å². The maximum absolute atomic E-state index is 12.9. The van der Waals surface area contributed by atoms with Crippen LogP contribution < -0.4 is 5.56 Å². The van der Waals surface area contributed by atoms with Crippen LogP contribution in [0.2, 0.25) is 0 Å². The minimum absolute atomic E-state index is 0.0355. The molecule has 0 aromatic carbocycles. The lowest BCUT2D eigenvalue weighted by molar-refractivity contribution is -0.132. The number of hydrogen-bond acceptors (Lipinski definition) is 4. The fourth-order valence-electron chi connectivity index (χ4n) is 4.07. The largest absolute Gasteiger partial charge is 0.338 e. The first kappa shape index (κ1) is 16.8. The van der Waals surface area contributed by atoms with Crippen LogP contribution in [-0.2, 0) is 22.6 Å². The SMILES string of the molecule is CC(=O)N1CCc2nc3cc([C@@H]4CCCCN4C(C)=O)[nH]n3c(=O)c2C1. The molecule has 2 aliphatic rings. The van der Waals surface area contributed by atoms with E-state index in [-0.39, 0.29) is 23.4 Å². The highest BCUT2D eigenvalue weighted by molar-refractivity contribution is 5.74. The number of likely N-dealkylation sites (tertiary alicyclic amines) is 1. The number of carbonyl (C=O) groups is 2. The summed E-state index contributed by atoms with van der Waals surface area (Å²) < 4.78 is 1.45. The van der Waals surface area contributed by atoms with Gasteiger partial charge in [0.2, 0.25) is 11.8 Å². The van der Waals surface area contributed by atoms with Gasteiger partial charge in [0.25, 0.3) is 5.56 Å². The molecular formula is C18H23N5O3. The standard InChI is InChI=1S/C18H23N5O3/c1-11(24)21-8-6-14-13(10-21)18(26)23-17(19-14)9-15(20-23)16-5-3-4-7-22(16)12(2)25/h9,16,20H,3-8,10H2,1-2H3/t16-/m0/s1. The molecule has 0 aliphatic carbocycles. The third kappa shape index (κ3) is 2.69. The number of H-pyrrole nitrogens is 1. The van der Waals surface area contributed by atoms with E-state index in [0.717, 1.165) is 37.2 Å². The highest BCUT2D eigenvalue weighted by Gasteiger charge is 2.29. The number of aromatic nitrogens is 3. The van der Waals surface area contributed by atoms with Crippen LogP contribution in [0.15, 0.2) is 10.9 Å². The number of nitrogens with zero attached hydrogens (tertiary/aromatic N) is 4. The molecule has 138 valence electrons. The predicted molar refractivity (Wildman–Crippen MR) is 94.6 cm³/mol. The Bertz CT molecular complexity index is 944. The van der Waals surface area contributed by atoms with Crippen LogP contribution in [0.1, 0.15) is 56.1 Å². The Morgan fingerprint density at radius 2 is 2.00 bits per heavy atom. The van der Waals surface area contributed by atoms with E-state index in [1.54, 1.807) is 11.8 Å². The Morgan fingerprint density at radius 3 is 2.73 bits per heavy atom. The first-order chi connectivity index (χ1) is 12.5. The summed E-state index contributed by atoms with van der Waals surface area (Å²) in [4.78, 5) is 44.7. The Kier molecular flexibility index (Phi) is 4.05. The third-order valence-electron chi connectivity index (χ3n) is 5.49. The second-order valence-electron chi connectivity index (χ2n) is 7.16. The molecule has 0 bridgehead atoms. The normalized spacial score (nSPS) is 20.3. The quantitative estimate of drug-likeness (QED) is 0.824. The molecule has 0 spiro atoms. The van der Waals surface area contributed by atoms with Gasteiger partial charge in [-0.3, -0.25) is 19.5 Å². The molecule has 4 rings (SSSR count). The van der Waals surface area contributed by atoms with E-state index in [4.69, 9.17) is 0 Å². The number of hydrogen-bond donors (Lipinski definition) is 1. The Balaban J connectivity index is 1.76. The summed E-state index contributed by atoms with van der Waals surface area (Å²) in [7, 11) is 0. The van der Waals surface area contributed by atoms with Gasteiger partial charge < -0.3 is 9.80 Å². The van der Waals surface area contributed by atoms with Crippen LogP contribution in [0.4, 0.5) is 0 Å². The predicted octanol–water partition coefficient (Wildman–Crippen LogP) is 1.00. The lowest BCUT2D eigenvalue weighted by Gasteiger charge is -2.34. The number of fused-ring (bicyclic) bond motifs is 2. The fraction of sp³-hybridized carbons (Fsp3) is 0.556. The van der Waals surface area contributed by atoms with Crippen LogP contribution in [0.3, 0.4) is 0 Å². The minimum atomic E-state index is -0.160. The van der Waals surface area contributed by atoms with Gasteiger partial charge in [0.1, 0.15) is 0 Å². The second-order valence-corrected chi connectivity index (χ2v) is 7.16. The van der Waals surface area contributed by atoms with Crippen molar-refractivity contribution in [1.29, 1.82) is 0 Å². The van der Waals surface area contributed by atoms with Gasteiger partial charge in [-0.2, -0.15) is 0 Å². The number of nitrogens with one attached hydrogen (secondary N) is 1. The average molecular weight is 357 g/mol. The summed E-state index contributed by atoms with van der Waals surface area (Å²) in [6.07, 6.45) is 3.52. The molecule has 2 aromatic heterocycles. The molecule has 0 unspecified atom stereocenters. The van der Waals surface area contributed by atoms with Gasteiger partial charge in [-0.25, -0.2) is 9.50 Å². The summed E-state index contributed by atoms with van der Waals surface area (Å²) in [5.41, 5.74) is 2.60. The molecule has 8 nitrogen and oxygen atoms in total. The van der Waals surface area contributed by atoms with Gasteiger partial charge in [-0.1, -0.05) is 0 Å². The molecule has 2 amide bonds. The molecule has 1 fully saturated rings. The average Bonchev–Trinajstić information content (AvgIpc) is 3.05. The molecule has 2 aliphatic heterocycles. The van der Waals surface area contributed by atoms with Crippen molar-refractivity contribution < 1.29 is 9.59 Å². The molecule has 0 radical (unpaired) electrons. The van der Waals surface area contributed by atoms with Crippen LogP contribution in [0.5, 0.6) is 0 Å². The van der Waals surface area contributed by atoms with Crippen molar-refractivity contribution in [2.75, 3.05) is 13.1 Å². The topological polar surface area (TPSA) is 90.8 Å². The smallest absolute Gasteiger partial charge is 0.277 e. The van der Waals surface area contributed by atoms with E-state index < -0.39 is 0 Å². The van der Waals surface area contributed by atoms with Gasteiger partial charge in [-0.15, -0.1) is 0 Å². The monoisotopic (exact) mass is 357 g/mol. The first-order valence-corrected chi connectivity index (χ1v) is 9.12. The van der Waals surface area contributed by atoms with Crippen LogP contribution in [0.25, 0.3) is 5.65 Å². The maximum Gasteiger partial charge on any atom is 0.277 e. The van der Waals surface area contributed by atoms with Crippen molar-refractivity contribution in [3.63, 3.8) is 0 Å². The number of piperidine rings is 1. The molecule has 0 saturated carbocycles. The van der Waals surface area contributed by atoms with E-state index >= 15 is 0 Å². The molecule has 4 heterocycles. The van der Waals surface area contributed by atoms with Gasteiger partial charge in [0, 0.05) is 39.4 Å². The van der Waals surface area contributed by atoms with Crippen molar-refractivity contribution >= 4 is 17.5 Å². The number of carbonyl (C=O) groups excluding carboxylic acids is 2. The van der Waals surface area contributed by atoms with Crippen molar-refractivity contribution in [3.8, 4) is 0 Å². The lowest BCUT2D eigenvalue weighted by Crippen LogP contribution is -2.39. The Morgan fingerprint density at radius 1 is 1.19 bits per heavy atom. The molecule has 1 saturated heterocycles. The van der Waals surface area contributed by atoms with Gasteiger partial charge in [0.15, 0.2) is 5.65 Å². The molecule has 8 heteroatoms. The second kappa shape index (κ2) is 6.26. The number of aromatic amines is 1. The zero-order valence-electron chi connectivity index (χ0n) is 15.1. The van der Waals surface area contributed by atoms with Gasteiger partial charge in [0.05, 0.1) is 29.5 Å². The first-order valence-electron chi connectivity index (χ1n) is 9.12. The summed E-state index contributed by atoms with van der Waals surface area (Å²) in [5, 5.41) is 3.16. The lowest BCUT2D eigenvalue weighted by atomic mass is 9.99. The van der Waals surface area contributed by atoms with E-state index in [1.807, 2.05) is 11.0 Å². The molecule has 2 aromatic rings. The van der Waals surface area contributed by atoms with Crippen LogP contribution >= 0.6 is 0 Å². The van der Waals surface area contributed by atoms with E-state index in [0.29, 0.717) is 30.7 Å². The minimum Gasteiger partial charge on any atom is -0.338 e. The molecule has 1 atom stereocenters. The zero-order valence-corrected chi connectivity index (χ0v) is 15.1. The van der Waals surface area contributed by atoms with Gasteiger partial charge in [-0.05, 0) is 19.3 Å². The molecule has 1 N–H and O–H groups in total. The Labute approximate surface area is 150 Å². The summed E-state index contributed by atoms with van der Waals surface area (Å²) in [6, 6.07) is 1.83. The van der Waals surface area contributed by atoms with E-state index in [9.17, 15) is 14.4 Å². The van der Waals surface area contributed by atoms with Crippen LogP contribution in [-0.4, -0.2) is 49.3 Å². The number of rotatable bonds is 1. The summed E-state index contributed by atoms with van der Waals surface area (Å²) in [5.74, 6) is 0.0108. The van der Waals surface area contributed by atoms with Crippen molar-refractivity contribution in [2.24, 2.45) is 0 Å².